The molecule has 23 heavy (non-hydrogen) atoms. The lowest BCUT2D eigenvalue weighted by molar-refractivity contribution is -0.139. The molecule has 0 spiro atoms. The minimum Gasteiger partial charge on any atom is -0.463 e. The molecule has 3 atom stereocenters. The summed E-state index contributed by atoms with van der Waals surface area (Å²) in [5.41, 5.74) is 0.717. The molecule has 0 unspecified atom stereocenters. The predicted octanol–water partition coefficient (Wildman–Crippen LogP) is 4.07. The van der Waals surface area contributed by atoms with Gasteiger partial charge in [0, 0.05) is 12.0 Å². The van der Waals surface area contributed by atoms with Gasteiger partial charge in [-0.1, -0.05) is 20.8 Å². The van der Waals surface area contributed by atoms with Gasteiger partial charge in [-0.2, -0.15) is 0 Å². The third kappa shape index (κ3) is 6.09. The molecule has 0 aliphatic heterocycles. The largest absolute Gasteiger partial charge is 0.463 e. The maximum absolute atomic E-state index is 12.1. The molecular formula is C19H32O4. The van der Waals surface area contributed by atoms with Gasteiger partial charge >= 0.3 is 5.97 Å². The SMILES string of the molecule is CCOC(=O)C1=C[C@@H](OC(CC)CC)[C@H](CCC(C)=O)[C@@H](C)C1. The Morgan fingerprint density at radius 2 is 1.91 bits per heavy atom. The lowest BCUT2D eigenvalue weighted by Gasteiger charge is -2.36. The Morgan fingerprint density at radius 1 is 1.26 bits per heavy atom. The molecule has 0 amide bonds. The van der Waals surface area contributed by atoms with Crippen LogP contribution in [0, 0.1) is 11.8 Å². The molecule has 0 heterocycles. The van der Waals surface area contributed by atoms with Gasteiger partial charge in [0.2, 0.25) is 0 Å². The van der Waals surface area contributed by atoms with Gasteiger partial charge in [0.15, 0.2) is 0 Å². The zero-order valence-corrected chi connectivity index (χ0v) is 15.3. The van der Waals surface area contributed by atoms with Crippen molar-refractivity contribution in [2.24, 2.45) is 11.8 Å². The van der Waals surface area contributed by atoms with E-state index in [4.69, 9.17) is 9.47 Å². The number of esters is 1. The molecule has 0 aromatic carbocycles. The van der Waals surface area contributed by atoms with Crippen molar-refractivity contribution in [3.05, 3.63) is 11.6 Å². The van der Waals surface area contributed by atoms with E-state index >= 15 is 0 Å². The first-order valence-electron chi connectivity index (χ1n) is 8.95. The third-order valence-corrected chi connectivity index (χ3v) is 4.69. The van der Waals surface area contributed by atoms with Crippen LogP contribution in [0.15, 0.2) is 11.6 Å². The lowest BCUT2D eigenvalue weighted by atomic mass is 9.76. The molecule has 0 saturated heterocycles. The van der Waals surface area contributed by atoms with E-state index in [1.807, 2.05) is 13.0 Å². The molecule has 1 aliphatic carbocycles. The molecule has 4 heteroatoms. The van der Waals surface area contributed by atoms with Gasteiger partial charge in [-0.15, -0.1) is 0 Å². The first kappa shape index (κ1) is 19.9. The molecule has 1 rings (SSSR count). The number of hydrogen-bond acceptors (Lipinski definition) is 4. The first-order valence-corrected chi connectivity index (χ1v) is 8.95. The molecular weight excluding hydrogens is 292 g/mol. The summed E-state index contributed by atoms with van der Waals surface area (Å²) >= 11 is 0. The molecule has 1 aliphatic rings. The number of carbonyl (C=O) groups excluding carboxylic acids is 2. The summed E-state index contributed by atoms with van der Waals surface area (Å²) in [6, 6.07) is 0. The molecule has 0 aromatic rings. The third-order valence-electron chi connectivity index (χ3n) is 4.69. The fraction of sp³-hybridized carbons (Fsp3) is 0.789. The van der Waals surface area contributed by atoms with Gasteiger partial charge in [0.1, 0.15) is 5.78 Å². The Morgan fingerprint density at radius 3 is 2.43 bits per heavy atom. The minimum absolute atomic E-state index is 0.109. The minimum atomic E-state index is -0.234. The van der Waals surface area contributed by atoms with Crippen LogP contribution in [0.25, 0.3) is 0 Å². The van der Waals surface area contributed by atoms with E-state index in [0.717, 1.165) is 24.8 Å². The highest BCUT2D eigenvalue weighted by Gasteiger charge is 2.34. The van der Waals surface area contributed by atoms with Crippen molar-refractivity contribution < 1.29 is 19.1 Å². The number of ether oxygens (including phenoxy) is 2. The number of ketones is 1. The number of carbonyl (C=O) groups is 2. The van der Waals surface area contributed by atoms with Gasteiger partial charge in [-0.3, -0.25) is 0 Å². The van der Waals surface area contributed by atoms with Crippen LogP contribution in [0.2, 0.25) is 0 Å². The standard InChI is InChI=1S/C19H32O4/c1-6-16(7-2)23-18-12-15(19(21)22-8-3)11-13(4)17(18)10-9-14(5)20/h12-13,16-18H,6-11H2,1-5H3/t13-,17+,18+/m0/s1. The number of rotatable bonds is 9. The lowest BCUT2D eigenvalue weighted by Crippen LogP contribution is -2.36. The Bertz CT molecular complexity index is 423. The highest BCUT2D eigenvalue weighted by molar-refractivity contribution is 5.88. The van der Waals surface area contributed by atoms with E-state index in [2.05, 4.69) is 20.8 Å². The van der Waals surface area contributed by atoms with Crippen molar-refractivity contribution in [1.82, 2.24) is 0 Å². The van der Waals surface area contributed by atoms with E-state index in [9.17, 15) is 9.59 Å². The van der Waals surface area contributed by atoms with Gasteiger partial charge in [0.25, 0.3) is 0 Å². The summed E-state index contributed by atoms with van der Waals surface area (Å²) < 4.78 is 11.4. The molecule has 0 N–H and O–H groups in total. The molecule has 4 nitrogen and oxygen atoms in total. The Hall–Kier alpha value is -1.16. The summed E-state index contributed by atoms with van der Waals surface area (Å²) in [6.07, 6.45) is 6.00. The molecule has 132 valence electrons. The van der Waals surface area contributed by atoms with Crippen molar-refractivity contribution in [3.8, 4) is 0 Å². The molecule has 0 fully saturated rings. The van der Waals surface area contributed by atoms with Gasteiger partial charge < -0.3 is 14.3 Å². The number of Topliss-reactive ketones (excluding diaryl/α,β-unsaturated/α-hetero) is 1. The predicted molar refractivity (Wildman–Crippen MR) is 91.1 cm³/mol. The first-order chi connectivity index (χ1) is 10.9. The van der Waals surface area contributed by atoms with E-state index in [0.29, 0.717) is 25.4 Å². The average Bonchev–Trinajstić information content (AvgIpc) is 2.51. The monoisotopic (exact) mass is 324 g/mol. The van der Waals surface area contributed by atoms with Gasteiger partial charge in [0.05, 0.1) is 18.8 Å². The average molecular weight is 324 g/mol. The van der Waals surface area contributed by atoms with Crippen LogP contribution in [0.3, 0.4) is 0 Å². The van der Waals surface area contributed by atoms with Crippen molar-refractivity contribution in [3.63, 3.8) is 0 Å². The summed E-state index contributed by atoms with van der Waals surface area (Å²) in [5, 5.41) is 0. The molecule has 0 bridgehead atoms. The van der Waals surface area contributed by atoms with Gasteiger partial charge in [-0.25, -0.2) is 4.79 Å². The summed E-state index contributed by atoms with van der Waals surface area (Å²) in [4.78, 5) is 23.4. The van der Waals surface area contributed by atoms with E-state index in [1.54, 1.807) is 6.92 Å². The summed E-state index contributed by atoms with van der Waals surface area (Å²) in [6.45, 7) is 10.2. The second-order valence-electron chi connectivity index (χ2n) is 6.54. The Kier molecular flexibility index (Phi) is 8.53. The Balaban J connectivity index is 2.94. The van der Waals surface area contributed by atoms with Crippen LogP contribution >= 0.6 is 0 Å². The quantitative estimate of drug-likeness (QED) is 0.600. The van der Waals surface area contributed by atoms with Crippen LogP contribution in [0.1, 0.15) is 66.7 Å². The van der Waals surface area contributed by atoms with Crippen LogP contribution in [-0.4, -0.2) is 30.6 Å². The Labute approximate surface area is 140 Å². The van der Waals surface area contributed by atoms with Crippen LogP contribution in [-0.2, 0) is 19.1 Å². The summed E-state index contributed by atoms with van der Waals surface area (Å²) in [5.74, 6) is 0.553. The smallest absolute Gasteiger partial charge is 0.333 e. The summed E-state index contributed by atoms with van der Waals surface area (Å²) in [7, 11) is 0. The topological polar surface area (TPSA) is 52.6 Å². The van der Waals surface area contributed by atoms with Crippen LogP contribution < -0.4 is 0 Å². The van der Waals surface area contributed by atoms with E-state index in [-0.39, 0.29) is 29.9 Å². The van der Waals surface area contributed by atoms with Crippen molar-refractivity contribution in [1.29, 1.82) is 0 Å². The second kappa shape index (κ2) is 9.86. The maximum atomic E-state index is 12.1. The normalized spacial score (nSPS) is 24.4. The maximum Gasteiger partial charge on any atom is 0.333 e. The van der Waals surface area contributed by atoms with E-state index < -0.39 is 0 Å². The van der Waals surface area contributed by atoms with E-state index in [1.165, 1.54) is 0 Å². The van der Waals surface area contributed by atoms with Crippen LogP contribution in [0.5, 0.6) is 0 Å². The van der Waals surface area contributed by atoms with Crippen molar-refractivity contribution >= 4 is 11.8 Å². The highest BCUT2D eigenvalue weighted by atomic mass is 16.5. The van der Waals surface area contributed by atoms with Crippen LogP contribution in [0.4, 0.5) is 0 Å². The zero-order valence-electron chi connectivity index (χ0n) is 15.3. The van der Waals surface area contributed by atoms with Crippen molar-refractivity contribution in [2.45, 2.75) is 78.9 Å². The van der Waals surface area contributed by atoms with Gasteiger partial charge in [-0.05, 0) is 57.4 Å². The second-order valence-corrected chi connectivity index (χ2v) is 6.54. The molecule has 0 radical (unpaired) electrons. The van der Waals surface area contributed by atoms with Crippen molar-refractivity contribution in [2.75, 3.05) is 6.61 Å². The zero-order chi connectivity index (χ0) is 17.4. The highest BCUT2D eigenvalue weighted by Crippen LogP contribution is 2.36. The fourth-order valence-electron chi connectivity index (χ4n) is 3.25. The number of hydrogen-bond donors (Lipinski definition) is 0. The fourth-order valence-corrected chi connectivity index (χ4v) is 3.25. The molecule has 0 saturated carbocycles. The molecule has 0 aromatic heterocycles.